The molecule has 4 aliphatic rings. The van der Waals surface area contributed by atoms with Gasteiger partial charge in [-0.1, -0.05) is 26.0 Å². The van der Waals surface area contributed by atoms with Crippen molar-refractivity contribution in [2.75, 3.05) is 45.2 Å². The first-order chi connectivity index (χ1) is 27.6. The molecule has 334 valence electrons. The third-order valence-electron chi connectivity index (χ3n) is 10.7. The number of halogens is 2. The number of likely N-dealkylation sites (N-methyl/N-ethyl adjacent to an activating group) is 1. The summed E-state index contributed by atoms with van der Waals surface area (Å²) in [6, 6.07) is 5.46. The summed E-state index contributed by atoms with van der Waals surface area (Å²) in [5.41, 5.74) is -0.737. The van der Waals surface area contributed by atoms with Gasteiger partial charge in [0.15, 0.2) is 11.4 Å². The van der Waals surface area contributed by atoms with Crippen LogP contribution in [-0.4, -0.2) is 111 Å². The molecular weight excluding hydrogens is 791 g/mol. The van der Waals surface area contributed by atoms with Crippen molar-refractivity contribution in [1.29, 1.82) is 0 Å². The molecule has 1 saturated heterocycles. The summed E-state index contributed by atoms with van der Waals surface area (Å²) in [6.45, 7) is 10.9. The van der Waals surface area contributed by atoms with Gasteiger partial charge >= 0.3 is 6.09 Å². The molecule has 1 aromatic carbocycles. The molecule has 0 unspecified atom stereocenters. The number of rotatable bonds is 6. The van der Waals surface area contributed by atoms with Crippen LogP contribution in [0.3, 0.4) is 0 Å². The van der Waals surface area contributed by atoms with Gasteiger partial charge in [0, 0.05) is 68.6 Å². The van der Waals surface area contributed by atoms with Crippen LogP contribution in [0.5, 0.6) is 11.6 Å². The minimum absolute atomic E-state index is 0. The molecule has 59 heavy (non-hydrogen) atoms. The number of hydrogen-bond acceptors (Lipinski definition) is 11. The van der Waals surface area contributed by atoms with E-state index in [0.717, 1.165) is 61.9 Å². The minimum Gasteiger partial charge on any atom is -0.489 e. The van der Waals surface area contributed by atoms with Crippen LogP contribution in [0.4, 0.5) is 19.3 Å². The normalized spacial score (nSPS) is 23.3. The number of fused-ring (bicyclic) bond motifs is 4. The van der Waals surface area contributed by atoms with E-state index in [1.807, 2.05) is 29.0 Å². The van der Waals surface area contributed by atoms with E-state index < -0.39 is 39.6 Å². The molecule has 4 atom stereocenters. The van der Waals surface area contributed by atoms with Crippen molar-refractivity contribution < 1.29 is 54.9 Å². The van der Waals surface area contributed by atoms with Gasteiger partial charge in [0.2, 0.25) is 33.6 Å². The fourth-order valence-corrected chi connectivity index (χ4v) is 8.23. The molecule has 4 amide bonds. The van der Waals surface area contributed by atoms with Gasteiger partial charge in [0.05, 0.1) is 24.0 Å². The van der Waals surface area contributed by atoms with Gasteiger partial charge in [-0.25, -0.2) is 27.0 Å². The number of carbonyl (C=O) groups excluding carboxylic acids is 4. The number of allylic oxidation sites excluding steroid dienone is 1. The standard InChI is InChI=1S/C29H38N4O4.C7H13F2NO2.C5H9NO3S.3H2/c1-19-7-5-4-6-11-30-28(35)25-17-21(18-33(25)26(34)16-20(2)15-19)37-29-23-8-9-24-27(22(23)10-12-31-29)36-14-13-32(24)3;1-6(2,7(3,8)9)12-5(11)10-4;1-4(7)6-10(8,9)5-2-3-5;;;/h4,6,8-10,12,19-21,25H,5,7,11,13-18H2,1-3H3,(H,30,35);1-4H3,(H,10,11);5H,2-3H2,1H3,(H,6,7);3*1H/b6-4-;;;;;/t19-,20+,21+,25-;;;;;/m0...../s1. The summed E-state index contributed by atoms with van der Waals surface area (Å²) in [6.07, 6.45) is 10.0. The molecule has 0 radical (unpaired) electrons. The Kier molecular flexibility index (Phi) is 15.9. The second kappa shape index (κ2) is 20.0. The SMILES string of the molecule is CC(=O)NS(=O)(=O)C1CC1.CNC(=O)OC(C)(C)C(C)(F)F.C[C@H]1CC/C=C\CNC(=O)[C@@H]2C[C@@H](Oc3nccc4c5c(ccc34)N(C)CCO5)CN2C(=O)C[C@H](C)C1.[HH].[HH].[HH]. The molecule has 4 heterocycles. The number of sulfonamides is 1. The van der Waals surface area contributed by atoms with Gasteiger partial charge in [-0.05, 0) is 76.0 Å². The average Bonchev–Trinajstić information content (AvgIpc) is 3.93. The predicted octanol–water partition coefficient (Wildman–Crippen LogP) is 6.06. The molecule has 1 saturated carbocycles. The molecule has 6 rings (SSSR count). The molecular formula is C41H66F2N6O9S. The van der Waals surface area contributed by atoms with E-state index in [1.54, 1.807) is 11.1 Å². The minimum atomic E-state index is -3.29. The number of carbonyl (C=O) groups is 4. The number of ether oxygens (including phenoxy) is 3. The zero-order valence-corrected chi connectivity index (χ0v) is 36.1. The van der Waals surface area contributed by atoms with Crippen LogP contribution >= 0.6 is 0 Å². The number of hydrogen-bond donors (Lipinski definition) is 3. The molecule has 0 spiro atoms. The Morgan fingerprint density at radius 3 is 2.39 bits per heavy atom. The second-order valence-corrected chi connectivity index (χ2v) is 18.3. The van der Waals surface area contributed by atoms with Crippen LogP contribution < -0.4 is 29.7 Å². The molecule has 1 aromatic heterocycles. The van der Waals surface area contributed by atoms with Crippen LogP contribution in [0.25, 0.3) is 10.8 Å². The van der Waals surface area contributed by atoms with Crippen molar-refractivity contribution in [1.82, 2.24) is 25.2 Å². The van der Waals surface area contributed by atoms with E-state index in [0.29, 0.717) is 64.1 Å². The fraction of sp³-hybridized carbons (Fsp3) is 0.634. The Morgan fingerprint density at radius 1 is 1.03 bits per heavy atom. The Labute approximate surface area is 350 Å². The molecule has 1 aliphatic carbocycles. The predicted molar refractivity (Wildman–Crippen MR) is 226 cm³/mol. The zero-order chi connectivity index (χ0) is 43.7. The third kappa shape index (κ3) is 13.1. The number of benzene rings is 1. The number of alkyl halides is 2. The molecule has 18 heteroatoms. The highest BCUT2D eigenvalue weighted by Crippen LogP contribution is 2.41. The number of alkyl carbamates (subject to hydrolysis) is 1. The molecule has 3 N–H and O–H groups in total. The topological polar surface area (TPSA) is 186 Å². The van der Waals surface area contributed by atoms with E-state index in [-0.39, 0.29) is 33.4 Å². The fourth-order valence-electron chi connectivity index (χ4n) is 6.90. The summed E-state index contributed by atoms with van der Waals surface area (Å²) < 4.78 is 65.9. The zero-order valence-electron chi connectivity index (χ0n) is 35.3. The van der Waals surface area contributed by atoms with E-state index >= 15 is 0 Å². The largest absolute Gasteiger partial charge is 0.489 e. The number of nitrogens with zero attached hydrogens (tertiary/aromatic N) is 3. The summed E-state index contributed by atoms with van der Waals surface area (Å²) in [7, 11) is 0.0843. The maximum atomic E-state index is 13.4. The highest BCUT2D eigenvalue weighted by Gasteiger charge is 2.45. The van der Waals surface area contributed by atoms with Gasteiger partial charge in [-0.3, -0.25) is 19.1 Å². The lowest BCUT2D eigenvalue weighted by molar-refractivity contribution is -0.149. The Hall–Kier alpha value is -4.74. The van der Waals surface area contributed by atoms with Crippen molar-refractivity contribution in [2.24, 2.45) is 11.8 Å². The van der Waals surface area contributed by atoms with Gasteiger partial charge in [-0.2, -0.15) is 0 Å². The van der Waals surface area contributed by atoms with Crippen molar-refractivity contribution in [2.45, 2.75) is 115 Å². The van der Waals surface area contributed by atoms with E-state index in [9.17, 15) is 36.4 Å². The molecule has 15 nitrogen and oxygen atoms in total. The van der Waals surface area contributed by atoms with Gasteiger partial charge in [0.1, 0.15) is 18.8 Å². The summed E-state index contributed by atoms with van der Waals surface area (Å²) in [5.74, 6) is -1.50. The van der Waals surface area contributed by atoms with Crippen LogP contribution in [0.2, 0.25) is 0 Å². The first-order valence-electron chi connectivity index (χ1n) is 20.1. The van der Waals surface area contributed by atoms with Crippen molar-refractivity contribution in [3.63, 3.8) is 0 Å². The maximum absolute atomic E-state index is 13.4. The first kappa shape index (κ1) is 46.9. The van der Waals surface area contributed by atoms with E-state index in [2.05, 4.69) is 52.2 Å². The van der Waals surface area contributed by atoms with Crippen LogP contribution in [0.15, 0.2) is 36.5 Å². The van der Waals surface area contributed by atoms with Gasteiger partial charge in [-0.15, -0.1) is 0 Å². The van der Waals surface area contributed by atoms with Crippen molar-refractivity contribution in [3.8, 4) is 11.6 Å². The highest BCUT2D eigenvalue weighted by atomic mass is 32.2. The first-order valence-corrected chi connectivity index (χ1v) is 21.6. The molecule has 2 aromatic rings. The lowest BCUT2D eigenvalue weighted by Gasteiger charge is -2.30. The van der Waals surface area contributed by atoms with Crippen LogP contribution in [0, 0.1) is 11.8 Å². The lowest BCUT2D eigenvalue weighted by Crippen LogP contribution is -2.46. The molecule has 0 bridgehead atoms. The summed E-state index contributed by atoms with van der Waals surface area (Å²) in [5, 5.41) is 6.60. The number of amides is 4. The highest BCUT2D eigenvalue weighted by molar-refractivity contribution is 7.90. The lowest BCUT2D eigenvalue weighted by atomic mass is 9.91. The smallest absolute Gasteiger partial charge is 0.407 e. The molecule has 2 fully saturated rings. The van der Waals surface area contributed by atoms with Crippen molar-refractivity contribution >= 4 is 50.3 Å². The van der Waals surface area contributed by atoms with Gasteiger partial charge < -0.3 is 34.6 Å². The number of aromatic nitrogens is 1. The Balaban J connectivity index is 0.000000636. The van der Waals surface area contributed by atoms with Crippen molar-refractivity contribution in [3.05, 3.63) is 36.5 Å². The average molecular weight is 857 g/mol. The number of nitrogens with one attached hydrogen (secondary N) is 3. The van der Waals surface area contributed by atoms with E-state index in [1.165, 1.54) is 14.0 Å². The number of pyridine rings is 1. The Morgan fingerprint density at radius 2 is 1.75 bits per heavy atom. The summed E-state index contributed by atoms with van der Waals surface area (Å²) in [4.78, 5) is 55.8. The van der Waals surface area contributed by atoms with Gasteiger partial charge in [0.25, 0.3) is 5.92 Å². The monoisotopic (exact) mass is 856 g/mol. The maximum Gasteiger partial charge on any atom is 0.407 e. The number of anilines is 1. The third-order valence-corrected chi connectivity index (χ3v) is 12.6. The van der Waals surface area contributed by atoms with E-state index in [4.69, 9.17) is 9.47 Å². The quantitative estimate of drug-likeness (QED) is 0.287. The van der Waals surface area contributed by atoms with Crippen LogP contribution in [-0.2, 0) is 29.1 Å². The summed E-state index contributed by atoms with van der Waals surface area (Å²) >= 11 is 0. The molecule has 3 aliphatic heterocycles. The second-order valence-electron chi connectivity index (χ2n) is 16.3. The Bertz CT molecular complexity index is 1970. The van der Waals surface area contributed by atoms with Crippen LogP contribution in [0.1, 0.15) is 90.8 Å².